The van der Waals surface area contributed by atoms with Gasteiger partial charge in [0.1, 0.15) is 17.3 Å². The first-order valence-electron chi connectivity index (χ1n) is 6.13. The highest BCUT2D eigenvalue weighted by Crippen LogP contribution is 2.32. The van der Waals surface area contributed by atoms with Crippen molar-refractivity contribution in [2.75, 3.05) is 13.7 Å². The molecule has 2 aromatic heterocycles. The Balaban J connectivity index is 2.49. The third kappa shape index (κ3) is 3.36. The number of esters is 1. The van der Waals surface area contributed by atoms with Gasteiger partial charge in [-0.05, 0) is 13.0 Å². The van der Waals surface area contributed by atoms with Gasteiger partial charge >= 0.3 is 12.1 Å². The molecule has 2 rings (SSSR count). The summed E-state index contributed by atoms with van der Waals surface area (Å²) in [7, 11) is 1.12. The first-order valence-corrected chi connectivity index (χ1v) is 6.51. The van der Waals surface area contributed by atoms with Gasteiger partial charge in [0.2, 0.25) is 0 Å². The molecule has 1 N–H and O–H groups in total. The van der Waals surface area contributed by atoms with E-state index in [1.54, 1.807) is 0 Å². The number of aryl methyl sites for hydroxylation is 1. The van der Waals surface area contributed by atoms with Crippen LogP contribution in [0.15, 0.2) is 6.07 Å². The number of carbonyl (C=O) groups excluding carboxylic acids is 2. The van der Waals surface area contributed by atoms with Gasteiger partial charge in [0.15, 0.2) is 11.3 Å². The number of alkyl halides is 3. The molecular formula is C12H10ClF3N4O3. The summed E-state index contributed by atoms with van der Waals surface area (Å²) in [5, 5.41) is 5.36. The van der Waals surface area contributed by atoms with Gasteiger partial charge in [-0.15, -0.1) is 0 Å². The fraction of sp³-hybridized carbons (Fsp3) is 0.333. The maximum absolute atomic E-state index is 13.0. The molecule has 0 saturated heterocycles. The molecule has 0 aliphatic heterocycles. The molecule has 0 aliphatic carbocycles. The molecule has 0 spiro atoms. The van der Waals surface area contributed by atoms with E-state index in [9.17, 15) is 22.8 Å². The van der Waals surface area contributed by atoms with Gasteiger partial charge in [0.25, 0.3) is 5.91 Å². The summed E-state index contributed by atoms with van der Waals surface area (Å²) in [6, 6.07) is 0.784. The summed E-state index contributed by atoms with van der Waals surface area (Å²) in [5.41, 5.74) is -1.83. The van der Waals surface area contributed by atoms with Crippen LogP contribution in [-0.2, 0) is 15.7 Å². The normalized spacial score (nSPS) is 11.6. The lowest BCUT2D eigenvalue weighted by molar-refractivity contribution is -0.142. The number of carbonyl (C=O) groups is 2. The van der Waals surface area contributed by atoms with E-state index in [2.05, 4.69) is 20.1 Å². The number of ether oxygens (including phenoxy) is 1. The second kappa shape index (κ2) is 6.03. The zero-order chi connectivity index (χ0) is 17.4. The van der Waals surface area contributed by atoms with Crippen molar-refractivity contribution in [3.05, 3.63) is 28.2 Å². The van der Waals surface area contributed by atoms with Crippen LogP contribution in [0.2, 0.25) is 5.02 Å². The van der Waals surface area contributed by atoms with Crippen LogP contribution in [0.5, 0.6) is 0 Å². The number of nitrogens with one attached hydrogen (secondary N) is 1. The third-order valence-corrected chi connectivity index (χ3v) is 3.14. The summed E-state index contributed by atoms with van der Waals surface area (Å²) in [6.07, 6.45) is -4.71. The number of hydrogen-bond donors (Lipinski definition) is 1. The van der Waals surface area contributed by atoms with E-state index in [0.717, 1.165) is 13.2 Å². The maximum atomic E-state index is 13.0. The lowest BCUT2D eigenvalue weighted by Gasteiger charge is -2.09. The number of nitrogens with zero attached hydrogens (tertiary/aromatic N) is 3. The highest BCUT2D eigenvalue weighted by molar-refractivity contribution is 6.36. The second-order valence-electron chi connectivity index (χ2n) is 4.44. The number of fused-ring (bicyclic) bond motifs is 1. The van der Waals surface area contributed by atoms with Crippen LogP contribution in [0.1, 0.15) is 21.9 Å². The van der Waals surface area contributed by atoms with Crippen molar-refractivity contribution in [3.8, 4) is 0 Å². The van der Waals surface area contributed by atoms with E-state index < -0.39 is 36.0 Å². The maximum Gasteiger partial charge on any atom is 0.433 e. The first kappa shape index (κ1) is 17.0. The highest BCUT2D eigenvalue weighted by Gasteiger charge is 2.36. The van der Waals surface area contributed by atoms with Crippen molar-refractivity contribution in [1.29, 1.82) is 0 Å². The van der Waals surface area contributed by atoms with Gasteiger partial charge in [-0.3, -0.25) is 9.59 Å². The fourth-order valence-electron chi connectivity index (χ4n) is 1.77. The molecule has 1 amide bonds. The van der Waals surface area contributed by atoms with Gasteiger partial charge in [-0.2, -0.15) is 18.3 Å². The van der Waals surface area contributed by atoms with Crippen LogP contribution < -0.4 is 5.32 Å². The molecule has 7 nitrogen and oxygen atoms in total. The van der Waals surface area contributed by atoms with Crippen LogP contribution in [0, 0.1) is 6.92 Å². The molecular weight excluding hydrogens is 341 g/mol. The topological polar surface area (TPSA) is 85.6 Å². The summed E-state index contributed by atoms with van der Waals surface area (Å²) >= 11 is 5.91. The van der Waals surface area contributed by atoms with E-state index in [-0.39, 0.29) is 16.4 Å². The quantitative estimate of drug-likeness (QED) is 0.850. The molecule has 0 fully saturated rings. The molecule has 11 heteroatoms. The van der Waals surface area contributed by atoms with Crippen LogP contribution in [0.4, 0.5) is 13.2 Å². The SMILES string of the molecule is COC(=O)CNC(=O)c1nn2c(C(F)(F)F)cc(C)nc2c1Cl. The predicted octanol–water partition coefficient (Wildman–Crippen LogP) is 1.61. The van der Waals surface area contributed by atoms with E-state index in [1.807, 2.05) is 0 Å². The monoisotopic (exact) mass is 350 g/mol. The van der Waals surface area contributed by atoms with E-state index in [1.165, 1.54) is 6.92 Å². The Kier molecular flexibility index (Phi) is 4.46. The van der Waals surface area contributed by atoms with Crippen LogP contribution in [0.3, 0.4) is 0 Å². The predicted molar refractivity (Wildman–Crippen MR) is 72.1 cm³/mol. The van der Waals surface area contributed by atoms with Gasteiger partial charge in [0, 0.05) is 5.69 Å². The smallest absolute Gasteiger partial charge is 0.433 e. The third-order valence-electron chi connectivity index (χ3n) is 2.79. The molecule has 0 atom stereocenters. The molecule has 0 aromatic carbocycles. The standard InChI is InChI=1S/C12H10ClF3N4O3/c1-5-3-6(12(14,15)16)20-10(18-5)8(13)9(19-20)11(22)17-4-7(21)23-2/h3H,4H2,1-2H3,(H,17,22). The van der Waals surface area contributed by atoms with Crippen molar-refractivity contribution in [3.63, 3.8) is 0 Å². The number of halogens is 4. The molecule has 2 aromatic rings. The van der Waals surface area contributed by atoms with Crippen molar-refractivity contribution < 1.29 is 27.5 Å². The molecule has 23 heavy (non-hydrogen) atoms. The second-order valence-corrected chi connectivity index (χ2v) is 4.82. The summed E-state index contributed by atoms with van der Waals surface area (Å²) in [5.74, 6) is -1.65. The van der Waals surface area contributed by atoms with Crippen molar-refractivity contribution in [2.45, 2.75) is 13.1 Å². The molecule has 0 saturated carbocycles. The Labute approximate surface area is 132 Å². The summed E-state index contributed by atoms with van der Waals surface area (Å²) in [6.45, 7) is 0.883. The molecule has 124 valence electrons. The molecule has 0 unspecified atom stereocenters. The first-order chi connectivity index (χ1) is 10.6. The fourth-order valence-corrected chi connectivity index (χ4v) is 2.01. The minimum absolute atomic E-state index is 0.0631. The molecule has 2 heterocycles. The van der Waals surface area contributed by atoms with Gasteiger partial charge in [-0.1, -0.05) is 11.6 Å². The number of aromatic nitrogens is 3. The number of methoxy groups -OCH3 is 1. The van der Waals surface area contributed by atoms with Gasteiger partial charge in [0.05, 0.1) is 7.11 Å². The Hall–Kier alpha value is -2.36. The number of hydrogen-bond acceptors (Lipinski definition) is 5. The van der Waals surface area contributed by atoms with Crippen LogP contribution in [-0.4, -0.2) is 40.1 Å². The molecule has 0 radical (unpaired) electrons. The minimum Gasteiger partial charge on any atom is -0.468 e. The molecule has 0 aliphatic rings. The Bertz CT molecular complexity index is 788. The Morgan fingerprint density at radius 2 is 2.09 bits per heavy atom. The van der Waals surface area contributed by atoms with Crippen LogP contribution >= 0.6 is 11.6 Å². The van der Waals surface area contributed by atoms with E-state index in [4.69, 9.17) is 11.6 Å². The molecule has 0 bridgehead atoms. The average Bonchev–Trinajstić information content (AvgIpc) is 2.80. The number of rotatable bonds is 3. The largest absolute Gasteiger partial charge is 0.468 e. The van der Waals surface area contributed by atoms with Crippen molar-refractivity contribution in [1.82, 2.24) is 19.9 Å². The number of amides is 1. The van der Waals surface area contributed by atoms with Gasteiger partial charge in [-0.25, -0.2) is 9.50 Å². The lowest BCUT2D eigenvalue weighted by Crippen LogP contribution is -2.30. The minimum atomic E-state index is -4.71. The van der Waals surface area contributed by atoms with E-state index in [0.29, 0.717) is 4.52 Å². The van der Waals surface area contributed by atoms with E-state index >= 15 is 0 Å². The van der Waals surface area contributed by atoms with Crippen molar-refractivity contribution >= 4 is 29.1 Å². The zero-order valence-corrected chi connectivity index (χ0v) is 12.6. The van der Waals surface area contributed by atoms with Crippen molar-refractivity contribution in [2.24, 2.45) is 0 Å². The van der Waals surface area contributed by atoms with Gasteiger partial charge < -0.3 is 10.1 Å². The summed E-state index contributed by atoms with van der Waals surface area (Å²) in [4.78, 5) is 26.8. The zero-order valence-electron chi connectivity index (χ0n) is 11.9. The Morgan fingerprint density at radius 1 is 1.43 bits per heavy atom. The summed E-state index contributed by atoms with van der Waals surface area (Å²) < 4.78 is 43.9. The van der Waals surface area contributed by atoms with Crippen LogP contribution in [0.25, 0.3) is 5.65 Å². The Morgan fingerprint density at radius 3 is 2.65 bits per heavy atom. The highest BCUT2D eigenvalue weighted by atomic mass is 35.5. The lowest BCUT2D eigenvalue weighted by atomic mass is 10.3. The average molecular weight is 351 g/mol.